The minimum atomic E-state index is -0.0445. The molecule has 1 unspecified atom stereocenters. The fourth-order valence-corrected chi connectivity index (χ4v) is 2.17. The maximum atomic E-state index is 6.39. The summed E-state index contributed by atoms with van der Waals surface area (Å²) in [5.74, 6) is 0. The second-order valence-corrected chi connectivity index (χ2v) is 5.42. The van der Waals surface area contributed by atoms with Gasteiger partial charge in [-0.25, -0.2) is 0 Å². The van der Waals surface area contributed by atoms with E-state index in [9.17, 15) is 0 Å². The van der Waals surface area contributed by atoms with Crippen molar-refractivity contribution in [3.8, 4) is 0 Å². The number of hydrogen-bond donors (Lipinski definition) is 1. The molecular weight excluding hydrogens is 222 g/mol. The zero-order valence-electron chi connectivity index (χ0n) is 11.3. The summed E-state index contributed by atoms with van der Waals surface area (Å²) in [6.07, 6.45) is 4.76. The third-order valence-electron chi connectivity index (χ3n) is 3.66. The SMILES string of the molecule is Cn1cc(CC(N)C(C)(C)c2ccccc2)cn1. The summed E-state index contributed by atoms with van der Waals surface area (Å²) in [4.78, 5) is 0. The van der Waals surface area contributed by atoms with Gasteiger partial charge in [0.25, 0.3) is 0 Å². The van der Waals surface area contributed by atoms with E-state index in [4.69, 9.17) is 5.73 Å². The molecule has 2 N–H and O–H groups in total. The normalized spacial score (nSPS) is 13.6. The highest BCUT2D eigenvalue weighted by Crippen LogP contribution is 2.27. The Morgan fingerprint density at radius 1 is 1.28 bits per heavy atom. The number of benzene rings is 1. The quantitative estimate of drug-likeness (QED) is 0.895. The Morgan fingerprint density at radius 3 is 2.50 bits per heavy atom. The van der Waals surface area contributed by atoms with E-state index in [1.165, 1.54) is 11.1 Å². The number of aromatic nitrogens is 2. The molecule has 0 radical (unpaired) electrons. The van der Waals surface area contributed by atoms with Crippen molar-refractivity contribution in [3.05, 3.63) is 53.9 Å². The number of rotatable bonds is 4. The third kappa shape index (κ3) is 2.62. The first-order chi connectivity index (χ1) is 8.50. The average Bonchev–Trinajstić information content (AvgIpc) is 2.76. The summed E-state index contributed by atoms with van der Waals surface area (Å²) in [7, 11) is 1.93. The summed E-state index contributed by atoms with van der Waals surface area (Å²) >= 11 is 0. The molecule has 3 heteroatoms. The predicted octanol–water partition coefficient (Wildman–Crippen LogP) is 2.27. The van der Waals surface area contributed by atoms with Crippen molar-refractivity contribution < 1.29 is 0 Å². The Hall–Kier alpha value is -1.61. The summed E-state index contributed by atoms with van der Waals surface area (Å²) < 4.78 is 1.82. The van der Waals surface area contributed by atoms with Gasteiger partial charge in [-0.1, -0.05) is 44.2 Å². The van der Waals surface area contributed by atoms with Gasteiger partial charge in [-0.3, -0.25) is 4.68 Å². The summed E-state index contributed by atoms with van der Waals surface area (Å²) in [6.45, 7) is 4.40. The number of nitrogens with zero attached hydrogens (tertiary/aromatic N) is 2. The van der Waals surface area contributed by atoms with Crippen molar-refractivity contribution >= 4 is 0 Å². The highest BCUT2D eigenvalue weighted by Gasteiger charge is 2.28. The van der Waals surface area contributed by atoms with Crippen molar-refractivity contribution in [2.75, 3.05) is 0 Å². The first kappa shape index (κ1) is 12.8. The van der Waals surface area contributed by atoms with Crippen LogP contribution in [0.2, 0.25) is 0 Å². The van der Waals surface area contributed by atoms with Crippen LogP contribution in [0, 0.1) is 0 Å². The summed E-state index contributed by atoms with van der Waals surface area (Å²) in [6, 6.07) is 10.5. The number of nitrogens with two attached hydrogens (primary N) is 1. The standard InChI is InChI=1S/C15H21N3/c1-15(2,13-7-5-4-6-8-13)14(16)9-12-10-17-18(3)11-12/h4-8,10-11,14H,9,16H2,1-3H3. The molecule has 2 rings (SSSR count). The molecule has 0 bridgehead atoms. The van der Waals surface area contributed by atoms with Gasteiger partial charge in [0.05, 0.1) is 6.20 Å². The fraction of sp³-hybridized carbons (Fsp3) is 0.400. The zero-order valence-corrected chi connectivity index (χ0v) is 11.3. The Bertz CT molecular complexity index is 499. The smallest absolute Gasteiger partial charge is 0.0522 e. The molecule has 1 heterocycles. The average molecular weight is 243 g/mol. The van der Waals surface area contributed by atoms with Crippen molar-refractivity contribution in [2.45, 2.75) is 31.7 Å². The van der Waals surface area contributed by atoms with Crippen LogP contribution in [0.25, 0.3) is 0 Å². The van der Waals surface area contributed by atoms with Gasteiger partial charge in [0.15, 0.2) is 0 Å². The predicted molar refractivity (Wildman–Crippen MR) is 74.4 cm³/mol. The first-order valence-corrected chi connectivity index (χ1v) is 6.29. The van der Waals surface area contributed by atoms with Gasteiger partial charge < -0.3 is 5.73 Å². The van der Waals surface area contributed by atoms with Gasteiger partial charge in [-0.2, -0.15) is 5.10 Å². The lowest BCUT2D eigenvalue weighted by atomic mass is 9.76. The fourth-order valence-electron chi connectivity index (χ4n) is 2.17. The topological polar surface area (TPSA) is 43.8 Å². The third-order valence-corrected chi connectivity index (χ3v) is 3.66. The lowest BCUT2D eigenvalue weighted by Crippen LogP contribution is -2.42. The molecule has 1 aromatic carbocycles. The van der Waals surface area contributed by atoms with Gasteiger partial charge in [0, 0.05) is 24.7 Å². The van der Waals surface area contributed by atoms with Gasteiger partial charge in [0.1, 0.15) is 0 Å². The van der Waals surface area contributed by atoms with Crippen LogP contribution in [-0.2, 0) is 18.9 Å². The van der Waals surface area contributed by atoms with E-state index in [-0.39, 0.29) is 11.5 Å². The van der Waals surface area contributed by atoms with Gasteiger partial charge >= 0.3 is 0 Å². The molecule has 0 aliphatic carbocycles. The van der Waals surface area contributed by atoms with Crippen molar-refractivity contribution in [2.24, 2.45) is 12.8 Å². The maximum Gasteiger partial charge on any atom is 0.0522 e. The van der Waals surface area contributed by atoms with Crippen LogP contribution in [0.5, 0.6) is 0 Å². The minimum Gasteiger partial charge on any atom is -0.327 e. The maximum absolute atomic E-state index is 6.39. The Balaban J connectivity index is 2.15. The van der Waals surface area contributed by atoms with E-state index < -0.39 is 0 Å². The van der Waals surface area contributed by atoms with E-state index in [1.807, 2.05) is 30.2 Å². The zero-order chi connectivity index (χ0) is 13.2. The van der Waals surface area contributed by atoms with Crippen LogP contribution in [0.4, 0.5) is 0 Å². The molecule has 0 aliphatic rings. The largest absolute Gasteiger partial charge is 0.327 e. The molecule has 0 aliphatic heterocycles. The molecule has 1 atom stereocenters. The molecule has 3 nitrogen and oxygen atoms in total. The molecule has 0 spiro atoms. The van der Waals surface area contributed by atoms with E-state index in [1.54, 1.807) is 0 Å². The van der Waals surface area contributed by atoms with Gasteiger partial charge in [0.2, 0.25) is 0 Å². The van der Waals surface area contributed by atoms with E-state index >= 15 is 0 Å². The molecule has 96 valence electrons. The minimum absolute atomic E-state index is 0.0445. The summed E-state index contributed by atoms with van der Waals surface area (Å²) in [5, 5.41) is 4.19. The molecule has 0 fully saturated rings. The number of aryl methyl sites for hydroxylation is 1. The van der Waals surface area contributed by atoms with E-state index in [0.29, 0.717) is 0 Å². The van der Waals surface area contributed by atoms with Crippen molar-refractivity contribution in [1.29, 1.82) is 0 Å². The second kappa shape index (κ2) is 4.94. The van der Waals surface area contributed by atoms with Crippen LogP contribution < -0.4 is 5.73 Å². The van der Waals surface area contributed by atoms with Crippen molar-refractivity contribution in [1.82, 2.24) is 9.78 Å². The first-order valence-electron chi connectivity index (χ1n) is 6.29. The molecule has 0 amide bonds. The molecule has 2 aromatic rings. The van der Waals surface area contributed by atoms with E-state index in [2.05, 4.69) is 43.2 Å². The van der Waals surface area contributed by atoms with E-state index in [0.717, 1.165) is 6.42 Å². The van der Waals surface area contributed by atoms with Crippen LogP contribution >= 0.6 is 0 Å². The highest BCUT2D eigenvalue weighted by atomic mass is 15.2. The second-order valence-electron chi connectivity index (χ2n) is 5.42. The van der Waals surface area contributed by atoms with Crippen LogP contribution in [-0.4, -0.2) is 15.8 Å². The molecule has 0 saturated heterocycles. The molecule has 18 heavy (non-hydrogen) atoms. The van der Waals surface area contributed by atoms with Crippen molar-refractivity contribution in [3.63, 3.8) is 0 Å². The highest BCUT2D eigenvalue weighted by molar-refractivity contribution is 5.26. The Labute approximate surface area is 109 Å². The molecule has 0 saturated carbocycles. The lowest BCUT2D eigenvalue weighted by Gasteiger charge is -2.32. The van der Waals surface area contributed by atoms with Crippen LogP contribution in [0.15, 0.2) is 42.7 Å². The van der Waals surface area contributed by atoms with Gasteiger partial charge in [-0.05, 0) is 17.5 Å². The molecular formula is C15H21N3. The molecule has 1 aromatic heterocycles. The van der Waals surface area contributed by atoms with Gasteiger partial charge in [-0.15, -0.1) is 0 Å². The van der Waals surface area contributed by atoms with Crippen LogP contribution in [0.3, 0.4) is 0 Å². The Kier molecular flexibility index (Phi) is 3.53. The van der Waals surface area contributed by atoms with Crippen LogP contribution in [0.1, 0.15) is 25.0 Å². The monoisotopic (exact) mass is 243 g/mol. The number of hydrogen-bond acceptors (Lipinski definition) is 2. The lowest BCUT2D eigenvalue weighted by molar-refractivity contribution is 0.406. The Morgan fingerprint density at radius 2 is 1.94 bits per heavy atom. The summed E-state index contributed by atoms with van der Waals surface area (Å²) in [5.41, 5.74) is 8.81.